The second-order valence-electron chi connectivity index (χ2n) is 7.75. The van der Waals surface area contributed by atoms with Gasteiger partial charge in [-0.05, 0) is 45.7 Å². The molecule has 2 aliphatic heterocycles. The van der Waals surface area contributed by atoms with Crippen molar-refractivity contribution in [1.29, 1.82) is 0 Å². The van der Waals surface area contributed by atoms with E-state index < -0.39 is 0 Å². The minimum atomic E-state index is 0.366. The van der Waals surface area contributed by atoms with E-state index in [1.54, 1.807) is 0 Å². The molecule has 2 aromatic heterocycles. The molecule has 0 aliphatic carbocycles. The lowest BCUT2D eigenvalue weighted by Gasteiger charge is -2.32. The van der Waals surface area contributed by atoms with E-state index in [1.165, 1.54) is 25.9 Å². The first-order valence-electron chi connectivity index (χ1n) is 10.0. The van der Waals surface area contributed by atoms with Gasteiger partial charge in [-0.1, -0.05) is 0 Å². The number of aromatic nitrogens is 5. The summed E-state index contributed by atoms with van der Waals surface area (Å²) in [6.07, 6.45) is 4.85. The van der Waals surface area contributed by atoms with Gasteiger partial charge in [-0.3, -0.25) is 4.90 Å². The van der Waals surface area contributed by atoms with Crippen molar-refractivity contribution in [1.82, 2.24) is 29.6 Å². The molecule has 27 heavy (non-hydrogen) atoms. The molecular weight excluding hydrogens is 340 g/mol. The van der Waals surface area contributed by atoms with Crippen LogP contribution in [0.25, 0.3) is 0 Å². The topological polar surface area (TPSA) is 75.0 Å². The summed E-state index contributed by atoms with van der Waals surface area (Å²) >= 11 is 0. The molecule has 0 bridgehead atoms. The van der Waals surface area contributed by atoms with Gasteiger partial charge in [0.25, 0.3) is 0 Å². The molecule has 0 spiro atoms. The lowest BCUT2D eigenvalue weighted by Crippen LogP contribution is -2.36. The maximum atomic E-state index is 4.65. The highest BCUT2D eigenvalue weighted by Crippen LogP contribution is 2.28. The highest BCUT2D eigenvalue weighted by molar-refractivity contribution is 5.43. The number of likely N-dealkylation sites (tertiary alicyclic amines) is 1. The smallest absolute Gasteiger partial charge is 0.227 e. The number of rotatable bonds is 5. The van der Waals surface area contributed by atoms with Crippen molar-refractivity contribution in [3.05, 3.63) is 23.4 Å². The number of aryl methyl sites for hydroxylation is 1. The number of piperidine rings is 1. The van der Waals surface area contributed by atoms with Crippen molar-refractivity contribution in [3.63, 3.8) is 0 Å². The zero-order valence-electron chi connectivity index (χ0n) is 16.6. The van der Waals surface area contributed by atoms with Crippen LogP contribution in [0.3, 0.4) is 0 Å². The second kappa shape index (κ2) is 7.80. The molecule has 2 aromatic rings. The van der Waals surface area contributed by atoms with Crippen LogP contribution >= 0.6 is 0 Å². The van der Waals surface area contributed by atoms with Crippen LogP contribution in [0, 0.1) is 6.92 Å². The molecule has 2 fully saturated rings. The van der Waals surface area contributed by atoms with Crippen molar-refractivity contribution >= 4 is 11.8 Å². The molecule has 4 rings (SSSR count). The molecular formula is C19H30N8. The van der Waals surface area contributed by atoms with Crippen molar-refractivity contribution in [2.24, 2.45) is 7.05 Å². The number of anilines is 2. The number of nitrogens with zero attached hydrogens (tertiary/aromatic N) is 7. The van der Waals surface area contributed by atoms with Gasteiger partial charge in [0.15, 0.2) is 0 Å². The normalized spacial score (nSPS) is 21.0. The Bertz CT molecular complexity index is 780. The summed E-state index contributed by atoms with van der Waals surface area (Å²) in [6.45, 7) is 7.16. The average Bonchev–Trinajstić information content (AvgIpc) is 3.32. The van der Waals surface area contributed by atoms with Gasteiger partial charge >= 0.3 is 0 Å². The van der Waals surface area contributed by atoms with E-state index in [0.29, 0.717) is 5.92 Å². The summed E-state index contributed by atoms with van der Waals surface area (Å²) in [5, 5.41) is 12.2. The Morgan fingerprint density at radius 1 is 1.11 bits per heavy atom. The quantitative estimate of drug-likeness (QED) is 0.862. The highest BCUT2D eigenvalue weighted by atomic mass is 15.3. The molecule has 146 valence electrons. The Hall–Kier alpha value is -2.22. The van der Waals surface area contributed by atoms with Crippen LogP contribution in [0.15, 0.2) is 6.07 Å². The molecule has 0 unspecified atom stereocenters. The lowest BCUT2D eigenvalue weighted by molar-refractivity contribution is 0.317. The van der Waals surface area contributed by atoms with Gasteiger partial charge < -0.3 is 14.8 Å². The third-order valence-corrected chi connectivity index (χ3v) is 5.73. The predicted molar refractivity (Wildman–Crippen MR) is 106 cm³/mol. The molecule has 0 aromatic carbocycles. The minimum Gasteiger partial charge on any atom is -0.373 e. The van der Waals surface area contributed by atoms with Crippen molar-refractivity contribution in [2.75, 3.05) is 43.4 Å². The monoisotopic (exact) mass is 370 g/mol. The number of hydrogen-bond acceptors (Lipinski definition) is 7. The van der Waals surface area contributed by atoms with E-state index in [0.717, 1.165) is 61.6 Å². The van der Waals surface area contributed by atoms with Crippen molar-refractivity contribution < 1.29 is 0 Å². The molecule has 0 amide bonds. The predicted octanol–water partition coefficient (Wildman–Crippen LogP) is 1.94. The van der Waals surface area contributed by atoms with Gasteiger partial charge in [-0.2, -0.15) is 4.98 Å². The Kier molecular flexibility index (Phi) is 5.24. The molecule has 8 heteroatoms. The third kappa shape index (κ3) is 3.90. The van der Waals surface area contributed by atoms with Gasteiger partial charge in [0.1, 0.15) is 17.5 Å². The van der Waals surface area contributed by atoms with Gasteiger partial charge in [-0.25, -0.2) is 4.98 Å². The molecule has 1 N–H and O–H groups in total. The van der Waals surface area contributed by atoms with Crippen molar-refractivity contribution in [3.8, 4) is 0 Å². The summed E-state index contributed by atoms with van der Waals surface area (Å²) in [5.74, 6) is 4.21. The van der Waals surface area contributed by atoms with Gasteiger partial charge in [-0.15, -0.1) is 10.2 Å². The molecule has 1 atom stereocenters. The van der Waals surface area contributed by atoms with Crippen LogP contribution in [0.2, 0.25) is 0 Å². The van der Waals surface area contributed by atoms with Crippen LogP contribution in [0.1, 0.15) is 48.9 Å². The van der Waals surface area contributed by atoms with Gasteiger partial charge in [0.05, 0.1) is 6.54 Å². The summed E-state index contributed by atoms with van der Waals surface area (Å²) in [6, 6.07) is 1.97. The first-order chi connectivity index (χ1) is 13.1. The van der Waals surface area contributed by atoms with Crippen LogP contribution in [0.4, 0.5) is 11.8 Å². The number of hydrogen-bond donors (Lipinski definition) is 1. The maximum Gasteiger partial charge on any atom is 0.227 e. The zero-order chi connectivity index (χ0) is 18.8. The zero-order valence-corrected chi connectivity index (χ0v) is 16.6. The van der Waals surface area contributed by atoms with E-state index in [2.05, 4.69) is 46.9 Å². The van der Waals surface area contributed by atoms with E-state index in [9.17, 15) is 0 Å². The van der Waals surface area contributed by atoms with E-state index in [-0.39, 0.29) is 0 Å². The molecule has 8 nitrogen and oxygen atoms in total. The minimum absolute atomic E-state index is 0.366. The SMILES string of the molecule is CNc1cc(C)nc(N2CCC[C@@H](c3nnc(CN4CCCC4)n3C)C2)n1. The largest absolute Gasteiger partial charge is 0.373 e. The summed E-state index contributed by atoms with van der Waals surface area (Å²) in [4.78, 5) is 14.1. The fourth-order valence-corrected chi connectivity index (χ4v) is 4.20. The summed E-state index contributed by atoms with van der Waals surface area (Å²) < 4.78 is 2.21. The maximum absolute atomic E-state index is 4.65. The van der Waals surface area contributed by atoms with Crippen LogP contribution in [0.5, 0.6) is 0 Å². The Balaban J connectivity index is 1.50. The molecule has 4 heterocycles. The van der Waals surface area contributed by atoms with Crippen LogP contribution in [-0.2, 0) is 13.6 Å². The second-order valence-corrected chi connectivity index (χ2v) is 7.75. The summed E-state index contributed by atoms with van der Waals surface area (Å²) in [5.41, 5.74) is 0.984. The highest BCUT2D eigenvalue weighted by Gasteiger charge is 2.28. The third-order valence-electron chi connectivity index (χ3n) is 5.73. The molecule has 0 saturated carbocycles. The molecule has 2 aliphatic rings. The Labute approximate surface area is 161 Å². The molecule has 2 saturated heterocycles. The standard InChI is InChI=1S/C19H30N8/c1-14-11-16(20-2)22-19(21-14)27-10-6-7-15(12-27)18-24-23-17(25(18)3)13-26-8-4-5-9-26/h11,15H,4-10,12-13H2,1-3H3,(H,20,21,22)/t15-/m1/s1. The fourth-order valence-electron chi connectivity index (χ4n) is 4.20. The first-order valence-corrected chi connectivity index (χ1v) is 10.0. The average molecular weight is 371 g/mol. The van der Waals surface area contributed by atoms with E-state index >= 15 is 0 Å². The summed E-state index contributed by atoms with van der Waals surface area (Å²) in [7, 11) is 4.01. The van der Waals surface area contributed by atoms with Crippen molar-refractivity contribution in [2.45, 2.75) is 45.1 Å². The number of nitrogens with one attached hydrogen (secondary N) is 1. The fraction of sp³-hybridized carbons (Fsp3) is 0.684. The van der Waals surface area contributed by atoms with Crippen LogP contribution in [-0.4, -0.2) is 62.9 Å². The Morgan fingerprint density at radius 2 is 1.93 bits per heavy atom. The Morgan fingerprint density at radius 3 is 2.70 bits per heavy atom. The first kappa shape index (κ1) is 18.2. The van der Waals surface area contributed by atoms with Crippen LogP contribution < -0.4 is 10.2 Å². The van der Waals surface area contributed by atoms with Gasteiger partial charge in [0, 0.05) is 44.9 Å². The van der Waals surface area contributed by atoms with E-state index in [4.69, 9.17) is 0 Å². The molecule has 0 radical (unpaired) electrons. The van der Waals surface area contributed by atoms with Gasteiger partial charge in [0.2, 0.25) is 5.95 Å². The van der Waals surface area contributed by atoms with E-state index in [1.807, 2.05) is 20.0 Å². The lowest BCUT2D eigenvalue weighted by atomic mass is 9.97.